The molecule has 0 bridgehead atoms. The van der Waals surface area contributed by atoms with E-state index in [1.807, 2.05) is 0 Å². The molecular weight excluding hydrogens is 258 g/mol. The molecule has 1 aliphatic rings. The zero-order chi connectivity index (χ0) is 14.8. The van der Waals surface area contributed by atoms with Crippen LogP contribution in [0.5, 0.6) is 0 Å². The molecule has 1 saturated heterocycles. The van der Waals surface area contributed by atoms with Crippen molar-refractivity contribution in [2.45, 2.75) is 51.7 Å². The molecule has 2 rings (SSSR count). The lowest BCUT2D eigenvalue weighted by molar-refractivity contribution is -0.0357. The molecule has 0 aromatic heterocycles. The summed E-state index contributed by atoms with van der Waals surface area (Å²) in [4.78, 5) is 2.53. The Hall–Kier alpha value is -1.12. The largest absolute Gasteiger partial charge is 0.376 e. The molecule has 1 heterocycles. The summed E-state index contributed by atoms with van der Waals surface area (Å²) in [5, 5.41) is 0. The van der Waals surface area contributed by atoms with E-state index in [1.54, 1.807) is 0 Å². The first-order valence-corrected chi connectivity index (χ1v) is 8.41. The van der Waals surface area contributed by atoms with Gasteiger partial charge in [-0.15, -0.1) is 0 Å². The topological polar surface area (TPSA) is 12.5 Å². The molecule has 0 spiro atoms. The van der Waals surface area contributed by atoms with Crippen LogP contribution in [0.4, 0.5) is 0 Å². The van der Waals surface area contributed by atoms with Gasteiger partial charge in [0.05, 0.1) is 12.7 Å². The molecule has 21 heavy (non-hydrogen) atoms. The molecule has 1 aliphatic heterocycles. The quantitative estimate of drug-likeness (QED) is 0.518. The van der Waals surface area contributed by atoms with Crippen molar-refractivity contribution in [2.75, 3.05) is 19.7 Å². The maximum Gasteiger partial charge on any atom is 0.0702 e. The Morgan fingerprint density at radius 2 is 2.05 bits per heavy atom. The molecule has 0 radical (unpaired) electrons. The smallest absolute Gasteiger partial charge is 0.0702 e. The second-order valence-corrected chi connectivity index (χ2v) is 5.88. The second-order valence-electron chi connectivity index (χ2n) is 5.88. The Labute approximate surface area is 129 Å². The average Bonchev–Trinajstić information content (AvgIpc) is 2.52. The van der Waals surface area contributed by atoms with E-state index in [1.165, 1.54) is 31.2 Å². The van der Waals surface area contributed by atoms with E-state index in [2.05, 4.69) is 54.3 Å². The third-order valence-electron chi connectivity index (χ3n) is 4.02. The molecule has 116 valence electrons. The van der Waals surface area contributed by atoms with Gasteiger partial charge < -0.3 is 4.74 Å². The summed E-state index contributed by atoms with van der Waals surface area (Å²) in [6.45, 7) is 6.27. The predicted octanol–water partition coefficient (Wildman–Crippen LogP) is 4.41. The first-order chi connectivity index (χ1) is 10.4. The summed E-state index contributed by atoms with van der Waals surface area (Å²) in [6.07, 6.45) is 11.1. The zero-order valence-corrected chi connectivity index (χ0v) is 13.3. The molecule has 0 saturated carbocycles. The van der Waals surface area contributed by atoms with E-state index in [9.17, 15) is 0 Å². The molecule has 2 heteroatoms. The van der Waals surface area contributed by atoms with Crippen molar-refractivity contribution in [3.8, 4) is 0 Å². The Bertz CT molecular complexity index is 401. The maximum atomic E-state index is 5.91. The van der Waals surface area contributed by atoms with Crippen molar-refractivity contribution in [1.29, 1.82) is 0 Å². The van der Waals surface area contributed by atoms with Gasteiger partial charge in [0, 0.05) is 19.6 Å². The third-order valence-corrected chi connectivity index (χ3v) is 4.02. The highest BCUT2D eigenvalue weighted by atomic mass is 16.5. The van der Waals surface area contributed by atoms with Crippen LogP contribution in [0.2, 0.25) is 0 Å². The minimum atomic E-state index is 0.428. The molecule has 0 N–H and O–H groups in total. The number of nitrogens with zero attached hydrogens (tertiary/aromatic N) is 1. The van der Waals surface area contributed by atoms with Gasteiger partial charge in [-0.3, -0.25) is 4.90 Å². The Balaban J connectivity index is 1.65. The average molecular weight is 287 g/mol. The lowest BCUT2D eigenvalue weighted by Gasteiger charge is -2.33. The van der Waals surface area contributed by atoms with Crippen LogP contribution >= 0.6 is 0 Å². The van der Waals surface area contributed by atoms with E-state index in [4.69, 9.17) is 4.74 Å². The molecule has 1 aromatic rings. The molecule has 0 unspecified atom stereocenters. The van der Waals surface area contributed by atoms with Crippen LogP contribution in [0, 0.1) is 0 Å². The van der Waals surface area contributed by atoms with Crippen LogP contribution in [0.25, 0.3) is 0 Å². The second kappa shape index (κ2) is 9.75. The molecule has 0 aliphatic carbocycles. The van der Waals surface area contributed by atoms with Crippen LogP contribution in [0.1, 0.15) is 44.6 Å². The number of ether oxygens (including phenoxy) is 1. The minimum Gasteiger partial charge on any atom is -0.376 e. The Morgan fingerprint density at radius 1 is 1.19 bits per heavy atom. The fourth-order valence-corrected chi connectivity index (χ4v) is 2.86. The van der Waals surface area contributed by atoms with E-state index in [-0.39, 0.29) is 0 Å². The highest BCUT2D eigenvalue weighted by Gasteiger charge is 2.19. The van der Waals surface area contributed by atoms with Gasteiger partial charge in [-0.1, -0.05) is 55.8 Å². The summed E-state index contributed by atoms with van der Waals surface area (Å²) in [6, 6.07) is 10.8. The van der Waals surface area contributed by atoms with Crippen molar-refractivity contribution < 1.29 is 4.74 Å². The van der Waals surface area contributed by atoms with Gasteiger partial charge >= 0.3 is 0 Å². The van der Waals surface area contributed by atoms with E-state index >= 15 is 0 Å². The lowest BCUT2D eigenvalue weighted by Crippen LogP contribution is -2.41. The maximum absolute atomic E-state index is 5.91. The highest BCUT2D eigenvalue weighted by Crippen LogP contribution is 2.15. The zero-order valence-electron chi connectivity index (χ0n) is 13.3. The van der Waals surface area contributed by atoms with Gasteiger partial charge in [0.25, 0.3) is 0 Å². The van der Waals surface area contributed by atoms with Crippen molar-refractivity contribution in [3.05, 3.63) is 48.0 Å². The molecule has 2 nitrogen and oxygen atoms in total. The number of hydrogen-bond donors (Lipinski definition) is 0. The summed E-state index contributed by atoms with van der Waals surface area (Å²) < 4.78 is 5.91. The van der Waals surface area contributed by atoms with Gasteiger partial charge in [-0.05, 0) is 31.2 Å². The summed E-state index contributed by atoms with van der Waals surface area (Å²) in [5.74, 6) is 0. The van der Waals surface area contributed by atoms with Crippen LogP contribution in [-0.4, -0.2) is 30.7 Å². The van der Waals surface area contributed by atoms with E-state index < -0.39 is 0 Å². The Morgan fingerprint density at radius 3 is 2.86 bits per heavy atom. The van der Waals surface area contributed by atoms with Gasteiger partial charge in [-0.2, -0.15) is 0 Å². The Kier molecular flexibility index (Phi) is 7.55. The normalized spacial score (nSPS) is 20.1. The fourth-order valence-electron chi connectivity index (χ4n) is 2.86. The van der Waals surface area contributed by atoms with Gasteiger partial charge in [0.1, 0.15) is 0 Å². The predicted molar refractivity (Wildman–Crippen MR) is 89.4 cm³/mol. The lowest BCUT2D eigenvalue weighted by atomic mass is 10.1. The number of unbranched alkanes of at least 4 members (excludes halogenated alkanes) is 2. The van der Waals surface area contributed by atoms with Gasteiger partial charge in [0.2, 0.25) is 0 Å². The van der Waals surface area contributed by atoms with Crippen LogP contribution in [-0.2, 0) is 11.3 Å². The number of allylic oxidation sites excluding steroid dienone is 2. The van der Waals surface area contributed by atoms with E-state index in [0.717, 1.165) is 32.7 Å². The van der Waals surface area contributed by atoms with Crippen LogP contribution < -0.4 is 0 Å². The summed E-state index contributed by atoms with van der Waals surface area (Å²) in [7, 11) is 0. The molecule has 1 aromatic carbocycles. The number of benzene rings is 1. The highest BCUT2D eigenvalue weighted by molar-refractivity contribution is 5.14. The fraction of sp³-hybridized carbons (Fsp3) is 0.579. The third kappa shape index (κ3) is 6.45. The number of morpholine rings is 1. The van der Waals surface area contributed by atoms with Crippen LogP contribution in [0.15, 0.2) is 42.5 Å². The summed E-state index contributed by atoms with van der Waals surface area (Å²) >= 11 is 0. The monoisotopic (exact) mass is 287 g/mol. The van der Waals surface area contributed by atoms with Gasteiger partial charge in [0.15, 0.2) is 0 Å². The van der Waals surface area contributed by atoms with Crippen LogP contribution in [0.3, 0.4) is 0 Å². The van der Waals surface area contributed by atoms with Crippen molar-refractivity contribution >= 4 is 0 Å². The van der Waals surface area contributed by atoms with Crippen molar-refractivity contribution in [3.63, 3.8) is 0 Å². The molecule has 0 amide bonds. The molecule has 1 atom stereocenters. The molecule has 1 fully saturated rings. The first kappa shape index (κ1) is 16.3. The standard InChI is InChI=1S/C19H29NO/c1-2-3-4-5-6-10-13-19-17-20(14-15-21-19)16-18-11-8-7-9-12-18/h3-4,7-9,11-12,19H,2,5-6,10,13-17H2,1H3/b4-3-/t19-/m1/s1. The number of hydrogen-bond acceptors (Lipinski definition) is 2. The SMILES string of the molecule is CC/C=C\CCCC[C@@H]1CN(Cc2ccccc2)CCO1. The minimum absolute atomic E-state index is 0.428. The summed E-state index contributed by atoms with van der Waals surface area (Å²) in [5.41, 5.74) is 1.41. The molecular formula is C19H29NO. The van der Waals surface area contributed by atoms with Crippen molar-refractivity contribution in [1.82, 2.24) is 4.90 Å². The number of rotatable bonds is 8. The van der Waals surface area contributed by atoms with E-state index in [0.29, 0.717) is 6.10 Å². The first-order valence-electron chi connectivity index (χ1n) is 8.41. The van der Waals surface area contributed by atoms with Gasteiger partial charge in [-0.25, -0.2) is 0 Å². The van der Waals surface area contributed by atoms with Crippen molar-refractivity contribution in [2.24, 2.45) is 0 Å².